The lowest BCUT2D eigenvalue weighted by molar-refractivity contribution is 0.0919. The molecule has 7 heteroatoms. The summed E-state index contributed by atoms with van der Waals surface area (Å²) in [4.78, 5) is 39.2. The van der Waals surface area contributed by atoms with E-state index < -0.39 is 11.8 Å². The van der Waals surface area contributed by atoms with Crippen molar-refractivity contribution in [3.05, 3.63) is 89.0 Å². The topological polar surface area (TPSA) is 84.9 Å². The van der Waals surface area contributed by atoms with Crippen LogP contribution in [0.1, 0.15) is 36.6 Å². The Morgan fingerprint density at radius 2 is 1.53 bits per heavy atom. The van der Waals surface area contributed by atoms with Crippen LogP contribution in [-0.4, -0.2) is 38.5 Å². The Hall–Kier alpha value is -4.13. The molecule has 0 saturated heterocycles. The zero-order valence-corrected chi connectivity index (χ0v) is 17.8. The molecule has 1 aliphatic heterocycles. The van der Waals surface area contributed by atoms with Gasteiger partial charge in [-0.05, 0) is 54.4 Å². The number of nitrogens with one attached hydrogen (secondary N) is 1. The van der Waals surface area contributed by atoms with Gasteiger partial charge in [0.25, 0.3) is 17.7 Å². The molecule has 0 aliphatic carbocycles. The fourth-order valence-electron chi connectivity index (χ4n) is 3.67. The van der Waals surface area contributed by atoms with Crippen LogP contribution < -0.4 is 19.7 Å². The Morgan fingerprint density at radius 1 is 0.844 bits per heavy atom. The molecule has 0 atom stereocenters. The average Bonchev–Trinajstić information content (AvgIpc) is 3.09. The van der Waals surface area contributed by atoms with Crippen LogP contribution in [-0.2, 0) is 6.42 Å². The summed E-state index contributed by atoms with van der Waals surface area (Å²) in [6, 6.07) is 18.8. The predicted molar refractivity (Wildman–Crippen MR) is 120 cm³/mol. The summed E-state index contributed by atoms with van der Waals surface area (Å²) >= 11 is 0. The van der Waals surface area contributed by atoms with Crippen molar-refractivity contribution < 1.29 is 23.9 Å². The van der Waals surface area contributed by atoms with Gasteiger partial charge in [0.1, 0.15) is 0 Å². The van der Waals surface area contributed by atoms with Crippen molar-refractivity contribution in [2.45, 2.75) is 6.42 Å². The molecule has 0 bridgehead atoms. The summed E-state index contributed by atoms with van der Waals surface area (Å²) in [5, 5.41) is 2.87. The van der Waals surface area contributed by atoms with Gasteiger partial charge >= 0.3 is 0 Å². The standard InChI is InChI=1S/C25H22N2O5/c1-31-21-11-10-16(14-22(21)32-2)12-13-26-23(28)17-6-5-7-18(15-17)27-24(29)19-8-3-4-9-20(19)25(27)30/h3-11,14-15H,12-13H2,1-2H3,(H,26,28). The van der Waals surface area contributed by atoms with Crippen LogP contribution >= 0.6 is 0 Å². The van der Waals surface area contributed by atoms with Crippen molar-refractivity contribution in [3.8, 4) is 11.5 Å². The largest absolute Gasteiger partial charge is 0.493 e. The number of hydrogen-bond acceptors (Lipinski definition) is 5. The molecule has 3 aromatic carbocycles. The van der Waals surface area contributed by atoms with Gasteiger partial charge in [0, 0.05) is 12.1 Å². The molecule has 0 radical (unpaired) electrons. The monoisotopic (exact) mass is 430 g/mol. The van der Waals surface area contributed by atoms with Crippen molar-refractivity contribution in [1.29, 1.82) is 0 Å². The third kappa shape index (κ3) is 3.92. The minimum atomic E-state index is -0.392. The summed E-state index contributed by atoms with van der Waals surface area (Å²) in [5.41, 5.74) is 2.45. The van der Waals surface area contributed by atoms with E-state index in [1.807, 2.05) is 18.2 Å². The van der Waals surface area contributed by atoms with Gasteiger partial charge in [-0.3, -0.25) is 14.4 Å². The molecule has 32 heavy (non-hydrogen) atoms. The van der Waals surface area contributed by atoms with Crippen LogP contribution in [0.25, 0.3) is 0 Å². The molecule has 0 spiro atoms. The summed E-state index contributed by atoms with van der Waals surface area (Å²) in [6.45, 7) is 0.408. The maximum atomic E-state index is 12.7. The van der Waals surface area contributed by atoms with Crippen molar-refractivity contribution in [2.24, 2.45) is 0 Å². The maximum absolute atomic E-state index is 12.7. The van der Waals surface area contributed by atoms with Gasteiger partial charge in [0.2, 0.25) is 0 Å². The van der Waals surface area contributed by atoms with E-state index in [9.17, 15) is 14.4 Å². The highest BCUT2D eigenvalue weighted by Gasteiger charge is 2.36. The molecule has 0 fully saturated rings. The zero-order chi connectivity index (χ0) is 22.7. The summed E-state index contributed by atoms with van der Waals surface area (Å²) in [6.07, 6.45) is 0.601. The van der Waals surface area contributed by atoms with E-state index in [1.54, 1.807) is 62.8 Å². The second kappa shape index (κ2) is 8.93. The van der Waals surface area contributed by atoms with Crippen LogP contribution in [0.2, 0.25) is 0 Å². The Bertz CT molecular complexity index is 1170. The molecular formula is C25H22N2O5. The lowest BCUT2D eigenvalue weighted by Crippen LogP contribution is -2.30. The Balaban J connectivity index is 1.43. The van der Waals surface area contributed by atoms with Crippen molar-refractivity contribution in [1.82, 2.24) is 5.32 Å². The first-order valence-corrected chi connectivity index (χ1v) is 10.1. The number of anilines is 1. The number of carbonyl (C=O) groups is 3. The number of imide groups is 1. The first-order valence-electron chi connectivity index (χ1n) is 10.1. The van der Waals surface area contributed by atoms with Gasteiger partial charge in [0.15, 0.2) is 11.5 Å². The second-order valence-corrected chi connectivity index (χ2v) is 7.24. The molecule has 0 saturated carbocycles. The van der Waals surface area contributed by atoms with Crippen molar-refractivity contribution in [3.63, 3.8) is 0 Å². The zero-order valence-electron chi connectivity index (χ0n) is 17.8. The molecular weight excluding hydrogens is 408 g/mol. The highest BCUT2D eigenvalue weighted by molar-refractivity contribution is 6.34. The fraction of sp³-hybridized carbons (Fsp3) is 0.160. The van der Waals surface area contributed by atoms with E-state index in [4.69, 9.17) is 9.47 Å². The molecule has 4 rings (SSSR count). The third-order valence-electron chi connectivity index (χ3n) is 5.31. The number of rotatable bonds is 7. The number of hydrogen-bond donors (Lipinski definition) is 1. The van der Waals surface area contributed by atoms with Crippen LogP contribution in [0.4, 0.5) is 5.69 Å². The van der Waals surface area contributed by atoms with E-state index >= 15 is 0 Å². The van der Waals surface area contributed by atoms with E-state index in [0.717, 1.165) is 10.5 Å². The van der Waals surface area contributed by atoms with Gasteiger partial charge in [-0.1, -0.05) is 24.3 Å². The first-order chi connectivity index (χ1) is 15.5. The molecule has 3 amide bonds. The summed E-state index contributed by atoms with van der Waals surface area (Å²) in [7, 11) is 3.15. The summed E-state index contributed by atoms with van der Waals surface area (Å²) < 4.78 is 10.5. The van der Waals surface area contributed by atoms with Gasteiger partial charge < -0.3 is 14.8 Å². The predicted octanol–water partition coefficient (Wildman–Crippen LogP) is 3.48. The molecule has 162 valence electrons. The van der Waals surface area contributed by atoms with E-state index in [-0.39, 0.29) is 5.91 Å². The molecule has 7 nitrogen and oxygen atoms in total. The summed E-state index contributed by atoms with van der Waals surface area (Å²) in [5.74, 6) is 0.201. The molecule has 1 heterocycles. The van der Waals surface area contributed by atoms with Crippen LogP contribution in [0, 0.1) is 0 Å². The molecule has 3 aromatic rings. The number of benzene rings is 3. The average molecular weight is 430 g/mol. The first kappa shape index (κ1) is 21.1. The highest BCUT2D eigenvalue weighted by Crippen LogP contribution is 2.29. The minimum absolute atomic E-state index is 0.288. The van der Waals surface area contributed by atoms with Gasteiger partial charge in [-0.2, -0.15) is 0 Å². The van der Waals surface area contributed by atoms with E-state index in [1.165, 1.54) is 0 Å². The lowest BCUT2D eigenvalue weighted by Gasteiger charge is -2.15. The van der Waals surface area contributed by atoms with Crippen LogP contribution in [0.15, 0.2) is 66.7 Å². The number of methoxy groups -OCH3 is 2. The number of fused-ring (bicyclic) bond motifs is 1. The number of ether oxygens (including phenoxy) is 2. The maximum Gasteiger partial charge on any atom is 0.266 e. The second-order valence-electron chi connectivity index (χ2n) is 7.24. The van der Waals surface area contributed by atoms with Gasteiger partial charge in [-0.15, -0.1) is 0 Å². The SMILES string of the molecule is COc1ccc(CCNC(=O)c2cccc(N3C(=O)c4ccccc4C3=O)c2)cc1OC. The fourth-order valence-corrected chi connectivity index (χ4v) is 3.67. The molecule has 1 aliphatic rings. The Morgan fingerprint density at radius 3 is 2.19 bits per heavy atom. The smallest absolute Gasteiger partial charge is 0.266 e. The van der Waals surface area contributed by atoms with Crippen LogP contribution in [0.3, 0.4) is 0 Å². The highest BCUT2D eigenvalue weighted by atomic mass is 16.5. The minimum Gasteiger partial charge on any atom is -0.493 e. The normalized spacial score (nSPS) is 12.5. The van der Waals surface area contributed by atoms with E-state index in [0.29, 0.717) is 46.8 Å². The van der Waals surface area contributed by atoms with Crippen molar-refractivity contribution >= 4 is 23.4 Å². The van der Waals surface area contributed by atoms with Gasteiger partial charge in [-0.25, -0.2) is 4.90 Å². The number of amides is 3. The van der Waals surface area contributed by atoms with Crippen molar-refractivity contribution in [2.75, 3.05) is 25.7 Å². The lowest BCUT2D eigenvalue weighted by atomic mass is 10.1. The molecule has 0 unspecified atom stereocenters. The Kier molecular flexibility index (Phi) is 5.89. The Labute approximate surface area is 185 Å². The number of carbonyl (C=O) groups excluding carboxylic acids is 3. The number of nitrogens with zero attached hydrogens (tertiary/aromatic N) is 1. The van der Waals surface area contributed by atoms with Gasteiger partial charge in [0.05, 0.1) is 31.0 Å². The van der Waals surface area contributed by atoms with E-state index in [2.05, 4.69) is 5.32 Å². The third-order valence-corrected chi connectivity index (χ3v) is 5.31. The molecule has 1 N–H and O–H groups in total. The quantitative estimate of drug-likeness (QED) is 0.580. The van der Waals surface area contributed by atoms with Crippen LogP contribution in [0.5, 0.6) is 11.5 Å². The molecule has 0 aromatic heterocycles.